The smallest absolute Gasteiger partial charge is 0.159 e. The molecular weight excluding hydrogens is 336 g/mol. The SMILES string of the molecule is CCc1nc(C(C)C)ccc1-c1nc2c(nc1C)c([C@H](C)CCO)cn2C. The molecule has 0 saturated carbocycles. The fourth-order valence-corrected chi connectivity index (χ4v) is 3.57. The summed E-state index contributed by atoms with van der Waals surface area (Å²) in [6, 6.07) is 4.24. The first-order valence-corrected chi connectivity index (χ1v) is 9.81. The molecule has 0 spiro atoms. The number of rotatable bonds is 6. The van der Waals surface area contributed by atoms with Crippen molar-refractivity contribution >= 4 is 11.2 Å². The minimum atomic E-state index is 0.176. The van der Waals surface area contributed by atoms with E-state index in [-0.39, 0.29) is 12.5 Å². The van der Waals surface area contributed by atoms with Gasteiger partial charge >= 0.3 is 0 Å². The number of nitrogens with zero attached hydrogens (tertiary/aromatic N) is 4. The van der Waals surface area contributed by atoms with Crippen molar-refractivity contribution in [1.29, 1.82) is 0 Å². The molecule has 0 aliphatic heterocycles. The van der Waals surface area contributed by atoms with Crippen LogP contribution >= 0.6 is 0 Å². The highest BCUT2D eigenvalue weighted by Gasteiger charge is 2.19. The highest BCUT2D eigenvalue weighted by atomic mass is 16.3. The number of aryl methyl sites for hydroxylation is 3. The summed E-state index contributed by atoms with van der Waals surface area (Å²) in [5.41, 5.74) is 8.04. The van der Waals surface area contributed by atoms with Crippen molar-refractivity contribution in [2.45, 2.75) is 59.3 Å². The maximum atomic E-state index is 9.29. The summed E-state index contributed by atoms with van der Waals surface area (Å²) in [6.07, 6.45) is 3.68. The Morgan fingerprint density at radius 2 is 1.85 bits per heavy atom. The van der Waals surface area contributed by atoms with Crippen LogP contribution in [0.4, 0.5) is 0 Å². The average Bonchev–Trinajstić information content (AvgIpc) is 2.96. The Morgan fingerprint density at radius 1 is 1.11 bits per heavy atom. The quantitative estimate of drug-likeness (QED) is 0.697. The normalized spacial score (nSPS) is 12.9. The van der Waals surface area contributed by atoms with E-state index in [0.717, 1.165) is 57.9 Å². The van der Waals surface area contributed by atoms with E-state index in [1.165, 1.54) is 0 Å². The van der Waals surface area contributed by atoms with Crippen LogP contribution in [-0.4, -0.2) is 31.2 Å². The summed E-state index contributed by atoms with van der Waals surface area (Å²) in [7, 11) is 2.01. The minimum absolute atomic E-state index is 0.176. The molecule has 0 amide bonds. The summed E-state index contributed by atoms with van der Waals surface area (Å²) >= 11 is 0. The van der Waals surface area contributed by atoms with E-state index >= 15 is 0 Å². The van der Waals surface area contributed by atoms with Gasteiger partial charge in [-0.25, -0.2) is 9.97 Å². The van der Waals surface area contributed by atoms with Gasteiger partial charge in [0.15, 0.2) is 5.65 Å². The Kier molecular flexibility index (Phi) is 5.61. The van der Waals surface area contributed by atoms with Crippen molar-refractivity contribution in [3.8, 4) is 11.3 Å². The molecule has 5 heteroatoms. The van der Waals surface area contributed by atoms with Crippen molar-refractivity contribution in [1.82, 2.24) is 19.5 Å². The second-order valence-electron chi connectivity index (χ2n) is 7.68. The Bertz CT molecular complexity index is 959. The van der Waals surface area contributed by atoms with Crippen LogP contribution in [0.5, 0.6) is 0 Å². The Morgan fingerprint density at radius 3 is 2.48 bits per heavy atom. The lowest BCUT2D eigenvalue weighted by Gasteiger charge is -2.13. The summed E-state index contributed by atoms with van der Waals surface area (Å²) in [6.45, 7) is 10.8. The van der Waals surface area contributed by atoms with Crippen LogP contribution in [0.1, 0.15) is 68.6 Å². The molecule has 1 N–H and O–H groups in total. The molecular formula is C22H30N4O. The zero-order valence-electron chi connectivity index (χ0n) is 17.2. The number of hydrogen-bond acceptors (Lipinski definition) is 4. The Hall–Kier alpha value is -2.27. The monoisotopic (exact) mass is 366 g/mol. The molecule has 27 heavy (non-hydrogen) atoms. The standard InChI is InChI=1S/C22H30N4O/c1-7-18-16(8-9-19(24-18)13(2)3)20-15(5)23-21-17(14(4)10-11-27)12-26(6)22(21)25-20/h8-9,12-14,27H,7,10-11H2,1-6H3/t14-/m1/s1. The summed E-state index contributed by atoms with van der Waals surface area (Å²) in [5.74, 6) is 0.652. The topological polar surface area (TPSA) is 63.8 Å². The van der Waals surface area contributed by atoms with Gasteiger partial charge in [-0.2, -0.15) is 0 Å². The zero-order chi connectivity index (χ0) is 19.7. The molecule has 3 aromatic rings. The third-order valence-corrected chi connectivity index (χ3v) is 5.26. The first-order chi connectivity index (χ1) is 12.9. The van der Waals surface area contributed by atoms with Crippen LogP contribution in [0, 0.1) is 6.92 Å². The third kappa shape index (κ3) is 3.61. The fraction of sp³-hybridized carbons (Fsp3) is 0.500. The van der Waals surface area contributed by atoms with Gasteiger partial charge in [0, 0.05) is 42.4 Å². The predicted molar refractivity (Wildman–Crippen MR) is 110 cm³/mol. The van der Waals surface area contributed by atoms with Crippen molar-refractivity contribution in [2.24, 2.45) is 7.05 Å². The molecule has 0 radical (unpaired) electrons. The molecule has 0 aromatic carbocycles. The highest BCUT2D eigenvalue weighted by Crippen LogP contribution is 2.31. The molecule has 0 bridgehead atoms. The van der Waals surface area contributed by atoms with Crippen molar-refractivity contribution in [3.05, 3.63) is 41.0 Å². The Balaban J connectivity index is 2.17. The molecule has 3 rings (SSSR count). The molecule has 0 saturated heterocycles. The maximum Gasteiger partial charge on any atom is 0.159 e. The molecule has 0 fully saturated rings. The van der Waals surface area contributed by atoms with E-state index in [1.807, 2.05) is 18.5 Å². The van der Waals surface area contributed by atoms with Gasteiger partial charge in [0.05, 0.1) is 11.4 Å². The summed E-state index contributed by atoms with van der Waals surface area (Å²) in [4.78, 5) is 14.8. The molecule has 144 valence electrons. The molecule has 0 unspecified atom stereocenters. The zero-order valence-corrected chi connectivity index (χ0v) is 17.2. The molecule has 0 aliphatic carbocycles. The first-order valence-electron chi connectivity index (χ1n) is 9.81. The van der Waals surface area contributed by atoms with Gasteiger partial charge < -0.3 is 9.67 Å². The number of fused-ring (bicyclic) bond motifs is 1. The van der Waals surface area contributed by atoms with Crippen LogP contribution in [0.3, 0.4) is 0 Å². The number of aliphatic hydroxyl groups is 1. The lowest BCUT2D eigenvalue weighted by molar-refractivity contribution is 0.279. The van der Waals surface area contributed by atoms with Crippen molar-refractivity contribution in [2.75, 3.05) is 6.61 Å². The van der Waals surface area contributed by atoms with E-state index in [0.29, 0.717) is 5.92 Å². The van der Waals surface area contributed by atoms with Crippen LogP contribution in [0.25, 0.3) is 22.4 Å². The van der Waals surface area contributed by atoms with E-state index in [2.05, 4.69) is 46.0 Å². The first kappa shape index (κ1) is 19.5. The van der Waals surface area contributed by atoms with Crippen molar-refractivity contribution < 1.29 is 5.11 Å². The van der Waals surface area contributed by atoms with Crippen LogP contribution < -0.4 is 0 Å². The molecule has 3 heterocycles. The molecule has 3 aromatic heterocycles. The highest BCUT2D eigenvalue weighted by molar-refractivity contribution is 5.80. The Labute approximate surface area is 161 Å². The van der Waals surface area contributed by atoms with Gasteiger partial charge in [0.1, 0.15) is 5.52 Å². The van der Waals surface area contributed by atoms with Crippen LogP contribution in [0.2, 0.25) is 0 Å². The van der Waals surface area contributed by atoms with Gasteiger partial charge in [0.25, 0.3) is 0 Å². The van der Waals surface area contributed by atoms with Crippen LogP contribution in [-0.2, 0) is 13.5 Å². The fourth-order valence-electron chi connectivity index (χ4n) is 3.57. The van der Waals surface area contributed by atoms with Gasteiger partial charge in [0.2, 0.25) is 0 Å². The van der Waals surface area contributed by atoms with E-state index in [9.17, 15) is 5.11 Å². The van der Waals surface area contributed by atoms with Gasteiger partial charge in [-0.1, -0.05) is 27.7 Å². The lowest BCUT2D eigenvalue weighted by atomic mass is 10.00. The number of aromatic nitrogens is 4. The minimum Gasteiger partial charge on any atom is -0.396 e. The summed E-state index contributed by atoms with van der Waals surface area (Å²) < 4.78 is 2.04. The number of aliphatic hydroxyl groups excluding tert-OH is 1. The predicted octanol–water partition coefficient (Wildman–Crippen LogP) is 4.51. The lowest BCUT2D eigenvalue weighted by Crippen LogP contribution is -2.03. The third-order valence-electron chi connectivity index (χ3n) is 5.26. The van der Waals surface area contributed by atoms with Gasteiger partial charge in [-0.05, 0) is 43.7 Å². The second kappa shape index (κ2) is 7.77. The van der Waals surface area contributed by atoms with Gasteiger partial charge in [-0.3, -0.25) is 4.98 Å². The number of pyridine rings is 1. The van der Waals surface area contributed by atoms with Crippen molar-refractivity contribution in [3.63, 3.8) is 0 Å². The van der Waals surface area contributed by atoms with E-state index < -0.39 is 0 Å². The summed E-state index contributed by atoms with van der Waals surface area (Å²) in [5, 5.41) is 9.29. The van der Waals surface area contributed by atoms with E-state index in [4.69, 9.17) is 15.0 Å². The van der Waals surface area contributed by atoms with Gasteiger partial charge in [-0.15, -0.1) is 0 Å². The molecule has 5 nitrogen and oxygen atoms in total. The second-order valence-corrected chi connectivity index (χ2v) is 7.68. The van der Waals surface area contributed by atoms with Crippen LogP contribution in [0.15, 0.2) is 18.3 Å². The molecule has 1 atom stereocenters. The largest absolute Gasteiger partial charge is 0.396 e. The maximum absolute atomic E-state index is 9.29. The average molecular weight is 367 g/mol. The number of hydrogen-bond donors (Lipinski definition) is 1. The molecule has 0 aliphatic rings. The van der Waals surface area contributed by atoms with E-state index in [1.54, 1.807) is 0 Å².